The summed E-state index contributed by atoms with van der Waals surface area (Å²) < 4.78 is 5.18. The normalized spacial score (nSPS) is 18.2. The summed E-state index contributed by atoms with van der Waals surface area (Å²) in [4.78, 5) is 73.7. The molecule has 3 aromatic rings. The van der Waals surface area contributed by atoms with Crippen molar-refractivity contribution in [1.29, 1.82) is 0 Å². The number of hydrogen-bond acceptors (Lipinski definition) is 10. The van der Waals surface area contributed by atoms with Crippen molar-refractivity contribution >= 4 is 45.6 Å². The molecule has 0 radical (unpaired) electrons. The minimum absolute atomic E-state index is 0. The Balaban J connectivity index is 0.00000696. The van der Waals surface area contributed by atoms with Crippen LogP contribution in [0.5, 0.6) is 0 Å². The van der Waals surface area contributed by atoms with Crippen LogP contribution in [0.15, 0.2) is 18.2 Å². The third-order valence-corrected chi connectivity index (χ3v) is 11.0. The van der Waals surface area contributed by atoms with E-state index in [1.165, 1.54) is 14.0 Å². The molecule has 56 heavy (non-hydrogen) atoms. The first-order chi connectivity index (χ1) is 26.2. The van der Waals surface area contributed by atoms with Gasteiger partial charge in [-0.25, -0.2) is 0 Å². The molecule has 1 unspecified atom stereocenters. The maximum atomic E-state index is 14.1. The molecule has 5 atom stereocenters. The van der Waals surface area contributed by atoms with Crippen LogP contribution in [0, 0.1) is 13.8 Å². The number of nitrogens with two attached hydrogens (primary N) is 1. The van der Waals surface area contributed by atoms with Crippen LogP contribution in [0.25, 0.3) is 22.1 Å². The molecule has 2 aliphatic heterocycles. The maximum absolute atomic E-state index is 14.1. The largest absolute Gasteiger partial charge is 2.00 e. The Labute approximate surface area is 340 Å². The van der Waals surface area contributed by atoms with Gasteiger partial charge >= 0.3 is 26.4 Å². The third-order valence-electron chi connectivity index (χ3n) is 11.0. The number of aromatic nitrogens is 4. The number of nitrogens with one attached hydrogen (secondary N) is 2. The second-order valence-electron chi connectivity index (χ2n) is 14.6. The Bertz CT molecular complexity index is 2130. The van der Waals surface area contributed by atoms with E-state index < -0.39 is 24.6 Å². The molecule has 2 amide bonds. The Morgan fingerprint density at radius 1 is 0.929 bits per heavy atom. The molecule has 0 aliphatic carbocycles. The number of esters is 1. The molecule has 5 rings (SSSR count). The molecular formula is C41H53N7O7Pd. The number of fused-ring (bicyclic) bond motifs is 8. The molecule has 304 valence electrons. The molecule has 3 aromatic heterocycles. The van der Waals surface area contributed by atoms with E-state index in [2.05, 4.69) is 24.5 Å². The second-order valence-corrected chi connectivity index (χ2v) is 14.6. The Morgan fingerprint density at radius 3 is 2.20 bits per heavy atom. The van der Waals surface area contributed by atoms with Crippen LogP contribution in [0.4, 0.5) is 0 Å². The molecule has 0 spiro atoms. The van der Waals surface area contributed by atoms with Crippen LogP contribution in [0.1, 0.15) is 137 Å². The number of carbonyl (C=O) groups excluding carboxylic acids is 4. The van der Waals surface area contributed by atoms with E-state index in [1.54, 1.807) is 0 Å². The van der Waals surface area contributed by atoms with Crippen molar-refractivity contribution < 1.29 is 54.6 Å². The number of methoxy groups -OCH3 is 1. The Hall–Kier alpha value is -4.26. The summed E-state index contributed by atoms with van der Waals surface area (Å²) in [5.41, 5.74) is 12.8. The zero-order valence-electron chi connectivity index (χ0n) is 33.1. The van der Waals surface area contributed by atoms with Crippen molar-refractivity contribution in [2.24, 2.45) is 5.73 Å². The van der Waals surface area contributed by atoms with Crippen molar-refractivity contribution in [3.63, 3.8) is 0 Å². The van der Waals surface area contributed by atoms with E-state index in [0.717, 1.165) is 17.8 Å². The van der Waals surface area contributed by atoms with Gasteiger partial charge in [-0.2, -0.15) is 0 Å². The molecular weight excluding hydrogens is 809 g/mol. The number of ether oxygens (including phenoxy) is 1. The summed E-state index contributed by atoms with van der Waals surface area (Å²) in [5.74, 6) is -2.09. The van der Waals surface area contributed by atoms with Crippen molar-refractivity contribution in [3.05, 3.63) is 68.8 Å². The fourth-order valence-electron chi connectivity index (χ4n) is 7.75. The SMILES string of the molecule is CC[C@H]1c2cc3[n-]c(c(CC(=O)OC)c4nc(cc5[n-]c(cc(n2)[C@@H]1C)c(C(C)=O)c5C)[C@@H](C)[C@@H]4CCC(=O)NCC(O)CO)c(C(=O)NCCCN)c3C.[Pd+2]. The van der Waals surface area contributed by atoms with Gasteiger partial charge in [-0.15, -0.1) is 22.1 Å². The minimum atomic E-state index is -1.10. The first kappa shape index (κ1) is 44.5. The number of aliphatic hydroxyl groups excluding tert-OH is 2. The molecule has 6 N–H and O–H groups in total. The molecule has 14 nitrogen and oxygen atoms in total. The van der Waals surface area contributed by atoms with E-state index in [9.17, 15) is 29.4 Å². The number of amides is 2. The van der Waals surface area contributed by atoms with Gasteiger partial charge in [-0.3, -0.25) is 29.1 Å². The molecule has 0 aromatic carbocycles. The zero-order valence-corrected chi connectivity index (χ0v) is 34.7. The monoisotopic (exact) mass is 861 g/mol. The minimum Gasteiger partial charge on any atom is -0.657 e. The third kappa shape index (κ3) is 9.30. The number of aliphatic hydroxyl groups is 2. The quantitative estimate of drug-likeness (QED) is 0.0679. The van der Waals surface area contributed by atoms with E-state index >= 15 is 0 Å². The molecule has 8 bridgehead atoms. The predicted octanol–water partition coefficient (Wildman–Crippen LogP) is 3.62. The number of hydrogen-bond donors (Lipinski definition) is 5. The zero-order chi connectivity index (χ0) is 40.1. The van der Waals surface area contributed by atoms with Crippen molar-refractivity contribution in [2.75, 3.05) is 33.4 Å². The van der Waals surface area contributed by atoms with Gasteiger partial charge in [0.1, 0.15) is 0 Å². The van der Waals surface area contributed by atoms with Gasteiger partial charge in [0.2, 0.25) is 11.8 Å². The summed E-state index contributed by atoms with van der Waals surface area (Å²) in [7, 11) is 1.29. The molecule has 15 heteroatoms. The van der Waals surface area contributed by atoms with E-state index in [4.69, 9.17) is 30.4 Å². The van der Waals surface area contributed by atoms with Gasteiger partial charge in [-0.05, 0) is 52.1 Å². The fraction of sp³-hybridized carbons (Fsp3) is 0.512. The van der Waals surface area contributed by atoms with Crippen molar-refractivity contribution in [3.8, 4) is 0 Å². The summed E-state index contributed by atoms with van der Waals surface area (Å²) in [6.45, 7) is 11.5. The predicted molar refractivity (Wildman–Crippen MR) is 208 cm³/mol. The molecule has 2 aliphatic rings. The van der Waals surface area contributed by atoms with Gasteiger partial charge < -0.3 is 41.3 Å². The second kappa shape index (κ2) is 19.3. The Kier molecular flexibility index (Phi) is 15.3. The topological polar surface area (TPSA) is 222 Å². The van der Waals surface area contributed by atoms with Gasteiger partial charge in [0.15, 0.2) is 5.78 Å². The number of Topliss-reactive ketones (excluding diaryl/α,β-unsaturated/α-hetero) is 1. The van der Waals surface area contributed by atoms with Crippen LogP contribution in [-0.2, 0) is 41.2 Å². The number of nitrogens with zero attached hydrogens (tertiary/aromatic N) is 4. The number of rotatable bonds is 14. The van der Waals surface area contributed by atoms with E-state index in [0.29, 0.717) is 80.8 Å². The molecule has 5 heterocycles. The first-order valence-corrected chi connectivity index (χ1v) is 19.0. The summed E-state index contributed by atoms with van der Waals surface area (Å²) in [6, 6.07) is 5.64. The van der Waals surface area contributed by atoms with Crippen LogP contribution in [0.3, 0.4) is 0 Å². The average Bonchev–Trinajstić information content (AvgIpc) is 3.84. The van der Waals surface area contributed by atoms with Crippen LogP contribution in [-0.4, -0.2) is 83.2 Å². The summed E-state index contributed by atoms with van der Waals surface area (Å²) in [6.07, 6.45) is 0.320. The van der Waals surface area contributed by atoms with Gasteiger partial charge in [-0.1, -0.05) is 50.1 Å². The van der Waals surface area contributed by atoms with Crippen molar-refractivity contribution in [2.45, 2.75) is 103 Å². The Morgan fingerprint density at radius 2 is 1.55 bits per heavy atom. The van der Waals surface area contributed by atoms with Gasteiger partial charge in [0.25, 0.3) is 0 Å². The van der Waals surface area contributed by atoms with Gasteiger partial charge in [0, 0.05) is 77.1 Å². The molecule has 0 saturated carbocycles. The first-order valence-electron chi connectivity index (χ1n) is 19.0. The smallest absolute Gasteiger partial charge is 0.657 e. The number of aryl methyl sites for hydroxylation is 2. The summed E-state index contributed by atoms with van der Waals surface area (Å²) in [5, 5.41) is 24.7. The van der Waals surface area contributed by atoms with Crippen molar-refractivity contribution in [1.82, 2.24) is 30.6 Å². The standard InChI is InChI=1S/C41H55N7O7.Pd/c1-8-26-20(2)29-17-34-37(24(6)50)22(4)31(46-34)15-30-21(3)27(10-11-35(52)44-18-25(51)19-49)39(47-30)28(14-36(53)55-7)40-38(41(54)43-13-9-12-42)23(5)32(48-40)16-33(26)45-29;/h15-17,20-21,25-27,49,51H,8-14,18-19,42H2,1-7H3,(H4,43,44,45,46,47,48,50,52,54);/q;+2/p-2/t20-,21+,25?,26-,27+;/m1./s1. The molecule has 0 fully saturated rings. The number of carbonyl (C=O) groups is 4. The van der Waals surface area contributed by atoms with Crippen LogP contribution < -0.4 is 26.3 Å². The molecule has 0 saturated heterocycles. The van der Waals surface area contributed by atoms with E-state index in [-0.39, 0.29) is 81.6 Å². The van der Waals surface area contributed by atoms with Gasteiger partial charge in [0.05, 0.1) is 26.2 Å². The van der Waals surface area contributed by atoms with Crippen LogP contribution in [0.2, 0.25) is 0 Å². The average molecular weight is 862 g/mol. The van der Waals surface area contributed by atoms with E-state index in [1.807, 2.05) is 39.0 Å². The maximum Gasteiger partial charge on any atom is 2.00 e. The number of ketones is 1. The summed E-state index contributed by atoms with van der Waals surface area (Å²) >= 11 is 0. The fourth-order valence-corrected chi connectivity index (χ4v) is 7.75. The van der Waals surface area contributed by atoms with Crippen LogP contribution >= 0.6 is 0 Å².